The van der Waals surface area contributed by atoms with Crippen LogP contribution in [0.15, 0.2) is 12.1 Å². The van der Waals surface area contributed by atoms with E-state index in [1.807, 2.05) is 0 Å². The van der Waals surface area contributed by atoms with Crippen molar-refractivity contribution in [3.05, 3.63) is 37.9 Å². The third-order valence-corrected chi connectivity index (χ3v) is 2.13. The lowest BCUT2D eigenvalue weighted by molar-refractivity contribution is -0.393. The maximum absolute atomic E-state index is 11.0. The molecule has 0 atom stereocenters. The summed E-state index contributed by atoms with van der Waals surface area (Å²) in [5, 5.41) is 33.5. The maximum atomic E-state index is 11.0. The van der Waals surface area contributed by atoms with Gasteiger partial charge < -0.3 is 5.32 Å². The molecule has 19 heavy (non-hydrogen) atoms. The van der Waals surface area contributed by atoms with Gasteiger partial charge in [-0.15, -0.1) is 0 Å². The molecule has 0 fully saturated rings. The predicted octanol–water partition coefficient (Wildman–Crippen LogP) is 2.59. The molecule has 0 aromatic heterocycles. The van der Waals surface area contributed by atoms with E-state index in [1.165, 1.54) is 0 Å². The Morgan fingerprint density at radius 1 is 1.21 bits per heavy atom. The third-order valence-electron chi connectivity index (χ3n) is 2.13. The molecule has 0 aliphatic carbocycles. The lowest BCUT2D eigenvalue weighted by Crippen LogP contribution is -2.27. The summed E-state index contributed by atoms with van der Waals surface area (Å²) in [4.78, 5) is 20.2. The van der Waals surface area contributed by atoms with Crippen LogP contribution in [0.25, 0.3) is 0 Å². The summed E-state index contributed by atoms with van der Waals surface area (Å²) in [6, 6.07) is 3.59. The van der Waals surface area contributed by atoms with Crippen LogP contribution < -0.4 is 5.32 Å². The first-order valence-corrected chi connectivity index (χ1v) is 5.31. The average molecular weight is 264 g/mol. The van der Waals surface area contributed by atoms with Crippen molar-refractivity contribution >= 4 is 17.1 Å². The van der Waals surface area contributed by atoms with E-state index in [0.29, 0.717) is 0 Å². The topological polar surface area (TPSA) is 122 Å². The highest BCUT2D eigenvalue weighted by Gasteiger charge is 2.26. The van der Waals surface area contributed by atoms with Crippen LogP contribution in [0, 0.1) is 31.6 Å². The Hall–Kier alpha value is -2.69. The van der Waals surface area contributed by atoms with Crippen LogP contribution in [0.1, 0.15) is 26.3 Å². The zero-order chi connectivity index (χ0) is 14.8. The fourth-order valence-electron chi connectivity index (χ4n) is 1.46. The number of hydrogen-bond acceptors (Lipinski definition) is 6. The van der Waals surface area contributed by atoms with E-state index in [4.69, 9.17) is 5.26 Å². The summed E-state index contributed by atoms with van der Waals surface area (Å²) >= 11 is 0. The van der Waals surface area contributed by atoms with Gasteiger partial charge in [-0.25, -0.2) is 0 Å². The quantitative estimate of drug-likeness (QED) is 0.661. The molecule has 0 saturated heterocycles. The number of anilines is 1. The molecule has 0 saturated carbocycles. The van der Waals surface area contributed by atoms with Crippen molar-refractivity contribution in [2.45, 2.75) is 26.3 Å². The summed E-state index contributed by atoms with van der Waals surface area (Å²) < 4.78 is 0. The number of benzene rings is 1. The Bertz CT molecular complexity index is 584. The number of nitro benzene ring substituents is 2. The van der Waals surface area contributed by atoms with E-state index in [0.717, 1.165) is 12.1 Å². The summed E-state index contributed by atoms with van der Waals surface area (Å²) in [7, 11) is 0. The molecule has 0 heterocycles. The van der Waals surface area contributed by atoms with Crippen LogP contribution in [0.2, 0.25) is 0 Å². The lowest BCUT2D eigenvalue weighted by atomic mass is 10.0. The number of nitrogens with one attached hydrogen (secondary N) is 1. The van der Waals surface area contributed by atoms with Gasteiger partial charge in [0.25, 0.3) is 5.69 Å². The van der Waals surface area contributed by atoms with E-state index in [9.17, 15) is 20.2 Å². The Kier molecular flexibility index (Phi) is 3.70. The summed E-state index contributed by atoms with van der Waals surface area (Å²) in [6.45, 7) is 5.29. The zero-order valence-corrected chi connectivity index (χ0v) is 10.6. The summed E-state index contributed by atoms with van der Waals surface area (Å²) in [6.07, 6.45) is 0. The molecule has 100 valence electrons. The van der Waals surface area contributed by atoms with Crippen molar-refractivity contribution in [1.29, 1.82) is 5.26 Å². The Balaban J connectivity index is 3.55. The minimum absolute atomic E-state index is 0.00870. The molecule has 1 aromatic carbocycles. The molecule has 0 aliphatic heterocycles. The van der Waals surface area contributed by atoms with Crippen molar-refractivity contribution in [2.75, 3.05) is 5.32 Å². The van der Waals surface area contributed by atoms with Gasteiger partial charge in [-0.05, 0) is 20.8 Å². The highest BCUT2D eigenvalue weighted by atomic mass is 16.6. The normalized spacial score (nSPS) is 10.6. The molecule has 8 nitrogen and oxygen atoms in total. The van der Waals surface area contributed by atoms with Gasteiger partial charge in [0.1, 0.15) is 11.8 Å². The zero-order valence-electron chi connectivity index (χ0n) is 10.6. The second kappa shape index (κ2) is 4.89. The van der Waals surface area contributed by atoms with E-state index >= 15 is 0 Å². The van der Waals surface area contributed by atoms with Crippen LogP contribution in [0.4, 0.5) is 17.1 Å². The number of rotatable bonds is 3. The molecular weight excluding hydrogens is 252 g/mol. The Labute approximate surface area is 109 Å². The molecule has 0 bridgehead atoms. The van der Waals surface area contributed by atoms with Crippen LogP contribution in [-0.2, 0) is 0 Å². The first-order chi connectivity index (χ1) is 8.65. The predicted molar refractivity (Wildman–Crippen MR) is 67.8 cm³/mol. The molecule has 0 spiro atoms. The van der Waals surface area contributed by atoms with E-state index in [2.05, 4.69) is 5.32 Å². The fraction of sp³-hybridized carbons (Fsp3) is 0.364. The first kappa shape index (κ1) is 14.4. The first-order valence-electron chi connectivity index (χ1n) is 5.31. The van der Waals surface area contributed by atoms with E-state index in [1.54, 1.807) is 26.8 Å². The summed E-state index contributed by atoms with van der Waals surface area (Å²) in [5.74, 6) is 0. The minimum atomic E-state index is -0.769. The van der Waals surface area contributed by atoms with Gasteiger partial charge in [-0.2, -0.15) is 5.26 Å². The summed E-state index contributed by atoms with van der Waals surface area (Å²) in [5.41, 5.74) is -1.63. The van der Waals surface area contributed by atoms with Crippen LogP contribution >= 0.6 is 0 Å². The van der Waals surface area contributed by atoms with Crippen LogP contribution in [0.5, 0.6) is 0 Å². The SMILES string of the molecule is CC(C)(C)Nc1c(C#N)cc([N+](=O)[O-])cc1[N+](=O)[O-]. The van der Waals surface area contributed by atoms with Gasteiger partial charge in [0, 0.05) is 11.6 Å². The standard InChI is InChI=1S/C11H12N4O4/c1-11(2,3)13-10-7(6-12)4-8(14(16)17)5-9(10)15(18)19/h4-5,13H,1-3H3. The molecule has 0 aliphatic rings. The van der Waals surface area contributed by atoms with Crippen molar-refractivity contribution < 1.29 is 9.85 Å². The van der Waals surface area contributed by atoms with E-state index < -0.39 is 26.8 Å². The van der Waals surface area contributed by atoms with Gasteiger partial charge in [0.15, 0.2) is 0 Å². The highest BCUT2D eigenvalue weighted by molar-refractivity contribution is 5.74. The molecule has 0 amide bonds. The van der Waals surface area contributed by atoms with Gasteiger partial charge in [-0.3, -0.25) is 20.2 Å². The van der Waals surface area contributed by atoms with Gasteiger partial charge in [0.2, 0.25) is 0 Å². The number of non-ortho nitro benzene ring substituents is 1. The van der Waals surface area contributed by atoms with Crippen LogP contribution in [0.3, 0.4) is 0 Å². The maximum Gasteiger partial charge on any atom is 0.300 e. The van der Waals surface area contributed by atoms with Crippen molar-refractivity contribution in [1.82, 2.24) is 0 Å². The largest absolute Gasteiger partial charge is 0.374 e. The molecule has 0 unspecified atom stereocenters. The van der Waals surface area contributed by atoms with E-state index in [-0.39, 0.29) is 11.3 Å². The second-order valence-electron chi connectivity index (χ2n) is 4.89. The molecular formula is C11H12N4O4. The van der Waals surface area contributed by atoms with Gasteiger partial charge >= 0.3 is 5.69 Å². The van der Waals surface area contributed by atoms with Crippen LogP contribution in [-0.4, -0.2) is 15.4 Å². The molecule has 8 heteroatoms. The molecule has 1 aromatic rings. The number of hydrogen-bond donors (Lipinski definition) is 1. The third kappa shape index (κ3) is 3.38. The fourth-order valence-corrected chi connectivity index (χ4v) is 1.46. The Morgan fingerprint density at radius 2 is 1.79 bits per heavy atom. The molecule has 1 N–H and O–H groups in total. The van der Waals surface area contributed by atoms with Crippen molar-refractivity contribution in [3.63, 3.8) is 0 Å². The smallest absolute Gasteiger partial charge is 0.300 e. The monoisotopic (exact) mass is 264 g/mol. The Morgan fingerprint density at radius 3 is 2.16 bits per heavy atom. The minimum Gasteiger partial charge on any atom is -0.374 e. The van der Waals surface area contributed by atoms with Crippen molar-refractivity contribution in [2.24, 2.45) is 0 Å². The van der Waals surface area contributed by atoms with Gasteiger partial charge in [-0.1, -0.05) is 0 Å². The number of nitro groups is 2. The highest BCUT2D eigenvalue weighted by Crippen LogP contribution is 2.34. The number of nitriles is 1. The van der Waals surface area contributed by atoms with Gasteiger partial charge in [0.05, 0.1) is 21.5 Å². The lowest BCUT2D eigenvalue weighted by Gasteiger charge is -2.22. The molecule has 0 radical (unpaired) electrons. The second-order valence-corrected chi connectivity index (χ2v) is 4.89. The molecule has 1 rings (SSSR count). The van der Waals surface area contributed by atoms with Crippen molar-refractivity contribution in [3.8, 4) is 6.07 Å². The average Bonchev–Trinajstić information content (AvgIpc) is 2.26. The number of nitrogens with zero attached hydrogens (tertiary/aromatic N) is 3.